The minimum atomic E-state index is 0.539. The average Bonchev–Trinajstić information content (AvgIpc) is 2.67. The Kier molecular flexibility index (Phi) is 5.57. The summed E-state index contributed by atoms with van der Waals surface area (Å²) in [6, 6.07) is 7.88. The van der Waals surface area contributed by atoms with Crippen LogP contribution >= 0.6 is 11.6 Å². The fraction of sp³-hybridized carbons (Fsp3) is 0.500. The number of piperazine rings is 1. The van der Waals surface area contributed by atoms with Gasteiger partial charge in [0.15, 0.2) is 11.6 Å². The summed E-state index contributed by atoms with van der Waals surface area (Å²) in [5.41, 5.74) is 1.99. The van der Waals surface area contributed by atoms with E-state index in [1.165, 1.54) is 0 Å². The van der Waals surface area contributed by atoms with Crippen LogP contribution in [-0.4, -0.2) is 80.4 Å². The number of hydrogen-bond acceptors (Lipinski definition) is 7. The number of fused-ring (bicyclic) bond motifs is 2. The smallest absolute Gasteiger partial charge is 0.263 e. The summed E-state index contributed by atoms with van der Waals surface area (Å²) in [5.74, 6) is 2.18. The molecule has 4 rings (SSSR count). The summed E-state index contributed by atoms with van der Waals surface area (Å²) in [6.45, 7) is 5.86. The van der Waals surface area contributed by atoms with Crippen LogP contribution in [0.15, 0.2) is 24.3 Å². The standard InChI is InChI=1S/C20H27ClN6O/c1-24(2)7-4-8-27-16-6-5-15(21)13-18(16)28-20-17(27)14-19(22-23-20)26-11-9-25(3)10-12-26/h5-6,13-14H,4,7-12H2,1-3H3. The van der Waals surface area contributed by atoms with Crippen LogP contribution in [0.5, 0.6) is 11.6 Å². The molecule has 8 heteroatoms. The van der Waals surface area contributed by atoms with Crippen LogP contribution in [0.25, 0.3) is 0 Å². The molecule has 0 spiro atoms. The molecule has 2 aliphatic rings. The van der Waals surface area contributed by atoms with Gasteiger partial charge in [0.25, 0.3) is 5.88 Å². The first-order chi connectivity index (χ1) is 13.5. The minimum absolute atomic E-state index is 0.539. The summed E-state index contributed by atoms with van der Waals surface area (Å²) < 4.78 is 6.04. The van der Waals surface area contributed by atoms with Crippen LogP contribution in [0, 0.1) is 0 Å². The van der Waals surface area contributed by atoms with Gasteiger partial charge in [-0.1, -0.05) is 11.6 Å². The van der Waals surface area contributed by atoms with E-state index in [9.17, 15) is 0 Å². The molecule has 28 heavy (non-hydrogen) atoms. The molecule has 3 heterocycles. The summed E-state index contributed by atoms with van der Waals surface area (Å²) in [6.07, 6.45) is 1.03. The van der Waals surface area contributed by atoms with Gasteiger partial charge in [-0.25, -0.2) is 0 Å². The summed E-state index contributed by atoms with van der Waals surface area (Å²) >= 11 is 6.18. The van der Waals surface area contributed by atoms with Gasteiger partial charge in [-0.05, 0) is 46.2 Å². The second-order valence-electron chi connectivity index (χ2n) is 7.71. The molecule has 1 saturated heterocycles. The predicted octanol–water partition coefficient (Wildman–Crippen LogP) is 3.08. The Morgan fingerprint density at radius 1 is 1.07 bits per heavy atom. The molecule has 1 aromatic heterocycles. The maximum Gasteiger partial charge on any atom is 0.263 e. The molecule has 1 fully saturated rings. The van der Waals surface area contributed by atoms with E-state index in [1.807, 2.05) is 18.2 Å². The largest absolute Gasteiger partial charge is 0.434 e. The lowest BCUT2D eigenvalue weighted by molar-refractivity contribution is 0.311. The molecule has 0 N–H and O–H groups in total. The SMILES string of the molecule is CN(C)CCCN1c2ccc(Cl)cc2Oc2nnc(N3CCN(C)CC3)cc21. The van der Waals surface area contributed by atoms with Crippen molar-refractivity contribution in [2.24, 2.45) is 0 Å². The second kappa shape index (κ2) is 8.11. The number of ether oxygens (including phenoxy) is 1. The first kappa shape index (κ1) is 19.2. The van der Waals surface area contributed by atoms with Crippen LogP contribution < -0.4 is 14.5 Å². The molecular formula is C20H27ClN6O. The highest BCUT2D eigenvalue weighted by Crippen LogP contribution is 2.47. The zero-order valence-electron chi connectivity index (χ0n) is 16.7. The lowest BCUT2D eigenvalue weighted by atomic mass is 10.2. The highest BCUT2D eigenvalue weighted by Gasteiger charge is 2.28. The van der Waals surface area contributed by atoms with Crippen molar-refractivity contribution >= 4 is 28.8 Å². The Bertz CT molecular complexity index is 837. The van der Waals surface area contributed by atoms with Gasteiger partial charge >= 0.3 is 0 Å². The Morgan fingerprint density at radius 3 is 2.61 bits per heavy atom. The van der Waals surface area contributed by atoms with E-state index in [0.717, 1.165) is 68.6 Å². The van der Waals surface area contributed by atoms with E-state index in [4.69, 9.17) is 16.3 Å². The maximum absolute atomic E-state index is 6.18. The van der Waals surface area contributed by atoms with E-state index in [1.54, 1.807) is 0 Å². The molecule has 0 aliphatic carbocycles. The Hall–Kier alpha value is -2.09. The number of halogens is 1. The zero-order valence-corrected chi connectivity index (χ0v) is 17.5. The Labute approximate surface area is 171 Å². The third-order valence-electron chi connectivity index (χ3n) is 5.25. The number of rotatable bonds is 5. The number of hydrogen-bond donors (Lipinski definition) is 0. The lowest BCUT2D eigenvalue weighted by Crippen LogP contribution is -2.45. The van der Waals surface area contributed by atoms with Gasteiger partial charge in [0.2, 0.25) is 0 Å². The number of nitrogens with zero attached hydrogens (tertiary/aromatic N) is 6. The minimum Gasteiger partial charge on any atom is -0.434 e. The molecule has 0 amide bonds. The van der Waals surface area contributed by atoms with Crippen molar-refractivity contribution < 1.29 is 4.74 Å². The van der Waals surface area contributed by atoms with E-state index < -0.39 is 0 Å². The van der Waals surface area contributed by atoms with Crippen molar-refractivity contribution in [3.05, 3.63) is 29.3 Å². The van der Waals surface area contributed by atoms with Crippen molar-refractivity contribution in [3.8, 4) is 11.6 Å². The van der Waals surface area contributed by atoms with Crippen LogP contribution in [0.2, 0.25) is 5.02 Å². The topological polar surface area (TPSA) is 48.0 Å². The highest BCUT2D eigenvalue weighted by molar-refractivity contribution is 6.30. The quantitative estimate of drug-likeness (QED) is 0.761. The van der Waals surface area contributed by atoms with E-state index in [-0.39, 0.29) is 0 Å². The molecule has 0 bridgehead atoms. The monoisotopic (exact) mass is 402 g/mol. The molecule has 2 aromatic rings. The maximum atomic E-state index is 6.18. The summed E-state index contributed by atoms with van der Waals surface area (Å²) in [7, 11) is 6.34. The van der Waals surface area contributed by atoms with Crippen molar-refractivity contribution in [1.82, 2.24) is 20.0 Å². The molecule has 0 atom stereocenters. The van der Waals surface area contributed by atoms with Crippen molar-refractivity contribution in [1.29, 1.82) is 0 Å². The molecular weight excluding hydrogens is 376 g/mol. The normalized spacial score (nSPS) is 16.8. The van der Waals surface area contributed by atoms with Gasteiger partial charge < -0.3 is 24.3 Å². The van der Waals surface area contributed by atoms with Crippen LogP contribution in [0.4, 0.5) is 17.2 Å². The zero-order chi connectivity index (χ0) is 19.7. The predicted molar refractivity (Wildman–Crippen MR) is 113 cm³/mol. The van der Waals surface area contributed by atoms with Gasteiger partial charge in [0.1, 0.15) is 5.69 Å². The summed E-state index contributed by atoms with van der Waals surface area (Å²) in [5, 5.41) is 9.51. The number of benzene rings is 1. The van der Waals surface area contributed by atoms with Crippen molar-refractivity contribution in [2.75, 3.05) is 70.2 Å². The van der Waals surface area contributed by atoms with E-state index in [2.05, 4.69) is 57.0 Å². The first-order valence-corrected chi connectivity index (χ1v) is 10.1. The number of aromatic nitrogens is 2. The van der Waals surface area contributed by atoms with Crippen LogP contribution in [0.3, 0.4) is 0 Å². The van der Waals surface area contributed by atoms with Crippen molar-refractivity contribution in [2.45, 2.75) is 6.42 Å². The van der Waals surface area contributed by atoms with Gasteiger partial charge in [-0.15, -0.1) is 10.2 Å². The van der Waals surface area contributed by atoms with Crippen LogP contribution in [-0.2, 0) is 0 Å². The fourth-order valence-electron chi connectivity index (χ4n) is 3.63. The van der Waals surface area contributed by atoms with E-state index in [0.29, 0.717) is 10.9 Å². The number of anilines is 3. The van der Waals surface area contributed by atoms with Gasteiger partial charge in [0.05, 0.1) is 5.69 Å². The Morgan fingerprint density at radius 2 is 1.86 bits per heavy atom. The van der Waals surface area contributed by atoms with Crippen molar-refractivity contribution in [3.63, 3.8) is 0 Å². The third kappa shape index (κ3) is 4.01. The second-order valence-corrected chi connectivity index (χ2v) is 8.14. The first-order valence-electron chi connectivity index (χ1n) is 9.72. The Balaban J connectivity index is 1.65. The molecule has 1 aromatic carbocycles. The molecule has 0 unspecified atom stereocenters. The molecule has 7 nitrogen and oxygen atoms in total. The molecule has 2 aliphatic heterocycles. The highest BCUT2D eigenvalue weighted by atomic mass is 35.5. The van der Waals surface area contributed by atoms with Gasteiger partial charge in [0, 0.05) is 49.9 Å². The van der Waals surface area contributed by atoms with Gasteiger partial charge in [-0.2, -0.15) is 0 Å². The van der Waals surface area contributed by atoms with E-state index >= 15 is 0 Å². The number of likely N-dealkylation sites (N-methyl/N-ethyl adjacent to an activating group) is 1. The average molecular weight is 403 g/mol. The summed E-state index contributed by atoms with van der Waals surface area (Å²) in [4.78, 5) is 9.11. The fourth-order valence-corrected chi connectivity index (χ4v) is 3.79. The lowest BCUT2D eigenvalue weighted by Gasteiger charge is -2.35. The van der Waals surface area contributed by atoms with Crippen LogP contribution in [0.1, 0.15) is 6.42 Å². The molecule has 150 valence electrons. The van der Waals surface area contributed by atoms with Gasteiger partial charge in [-0.3, -0.25) is 0 Å². The third-order valence-corrected chi connectivity index (χ3v) is 5.49. The molecule has 0 saturated carbocycles. The molecule has 0 radical (unpaired) electrons.